The van der Waals surface area contributed by atoms with Gasteiger partial charge in [0, 0.05) is 11.8 Å². The monoisotopic (exact) mass is 248 g/mol. The van der Waals surface area contributed by atoms with E-state index in [0.717, 1.165) is 29.9 Å². The van der Waals surface area contributed by atoms with E-state index < -0.39 is 0 Å². The number of rotatable bonds is 4. The SMILES string of the molecule is CCCOc1ccc(-c2cncnc2Cl)cc1. The molecule has 1 heterocycles. The van der Waals surface area contributed by atoms with E-state index in [4.69, 9.17) is 16.3 Å². The molecule has 1 aromatic heterocycles. The van der Waals surface area contributed by atoms with Crippen molar-refractivity contribution in [3.05, 3.63) is 41.9 Å². The Balaban J connectivity index is 2.21. The van der Waals surface area contributed by atoms with Crippen molar-refractivity contribution in [2.24, 2.45) is 0 Å². The summed E-state index contributed by atoms with van der Waals surface area (Å²) in [6.07, 6.45) is 4.14. The summed E-state index contributed by atoms with van der Waals surface area (Å²) < 4.78 is 5.51. The van der Waals surface area contributed by atoms with E-state index in [0.29, 0.717) is 5.15 Å². The number of ether oxygens (including phenoxy) is 1. The van der Waals surface area contributed by atoms with E-state index >= 15 is 0 Å². The van der Waals surface area contributed by atoms with Crippen LogP contribution in [0.15, 0.2) is 36.8 Å². The van der Waals surface area contributed by atoms with Crippen molar-refractivity contribution < 1.29 is 4.74 Å². The van der Waals surface area contributed by atoms with Gasteiger partial charge in [-0.05, 0) is 24.1 Å². The highest BCUT2D eigenvalue weighted by molar-refractivity contribution is 6.32. The van der Waals surface area contributed by atoms with Gasteiger partial charge in [0.15, 0.2) is 0 Å². The molecule has 0 amide bonds. The number of halogens is 1. The normalized spacial score (nSPS) is 10.2. The van der Waals surface area contributed by atoms with E-state index in [1.54, 1.807) is 6.20 Å². The minimum absolute atomic E-state index is 0.460. The van der Waals surface area contributed by atoms with Crippen LogP contribution in [0.5, 0.6) is 5.75 Å². The van der Waals surface area contributed by atoms with Gasteiger partial charge in [0.25, 0.3) is 0 Å². The standard InChI is InChI=1S/C13H13ClN2O/c1-2-7-17-11-5-3-10(4-6-11)12-8-15-9-16-13(12)14/h3-6,8-9H,2,7H2,1H3. The predicted octanol–water partition coefficient (Wildman–Crippen LogP) is 3.59. The maximum Gasteiger partial charge on any atom is 0.140 e. The lowest BCUT2D eigenvalue weighted by Crippen LogP contribution is -1.94. The molecule has 0 fully saturated rings. The fraction of sp³-hybridized carbons (Fsp3) is 0.231. The number of aromatic nitrogens is 2. The van der Waals surface area contributed by atoms with Crippen LogP contribution in [0.25, 0.3) is 11.1 Å². The zero-order chi connectivity index (χ0) is 12.1. The molecule has 3 nitrogen and oxygen atoms in total. The lowest BCUT2D eigenvalue weighted by atomic mass is 10.1. The molecular formula is C13H13ClN2O. The summed E-state index contributed by atoms with van der Waals surface area (Å²) in [5.74, 6) is 0.864. The molecule has 0 aliphatic heterocycles. The highest BCUT2D eigenvalue weighted by Crippen LogP contribution is 2.26. The Morgan fingerprint density at radius 3 is 2.65 bits per heavy atom. The van der Waals surface area contributed by atoms with Gasteiger partial charge in [0.2, 0.25) is 0 Å². The van der Waals surface area contributed by atoms with Gasteiger partial charge in [0.1, 0.15) is 17.2 Å². The van der Waals surface area contributed by atoms with Crippen LogP contribution in [-0.2, 0) is 0 Å². The van der Waals surface area contributed by atoms with E-state index in [1.165, 1.54) is 6.33 Å². The second-order valence-corrected chi connectivity index (χ2v) is 3.96. The molecule has 2 rings (SSSR count). The average molecular weight is 249 g/mol. The molecule has 17 heavy (non-hydrogen) atoms. The van der Waals surface area contributed by atoms with Gasteiger partial charge in [-0.1, -0.05) is 30.7 Å². The molecule has 0 N–H and O–H groups in total. The van der Waals surface area contributed by atoms with Crippen molar-refractivity contribution in [1.29, 1.82) is 0 Å². The van der Waals surface area contributed by atoms with Gasteiger partial charge in [-0.25, -0.2) is 9.97 Å². The number of hydrogen-bond acceptors (Lipinski definition) is 3. The first kappa shape index (κ1) is 11.9. The Morgan fingerprint density at radius 2 is 2.00 bits per heavy atom. The topological polar surface area (TPSA) is 35.0 Å². The lowest BCUT2D eigenvalue weighted by Gasteiger charge is -2.06. The van der Waals surface area contributed by atoms with Gasteiger partial charge in [-0.3, -0.25) is 0 Å². The first-order chi connectivity index (χ1) is 8.31. The zero-order valence-electron chi connectivity index (χ0n) is 9.56. The first-order valence-electron chi connectivity index (χ1n) is 5.50. The molecule has 88 valence electrons. The van der Waals surface area contributed by atoms with Crippen molar-refractivity contribution >= 4 is 11.6 Å². The Morgan fingerprint density at radius 1 is 1.24 bits per heavy atom. The van der Waals surface area contributed by atoms with Crippen LogP contribution >= 0.6 is 11.6 Å². The fourth-order valence-electron chi connectivity index (χ4n) is 1.46. The van der Waals surface area contributed by atoms with Crippen LogP contribution in [0.1, 0.15) is 13.3 Å². The molecular weight excluding hydrogens is 236 g/mol. The Bertz CT molecular complexity index is 485. The van der Waals surface area contributed by atoms with Crippen LogP contribution in [0.2, 0.25) is 5.15 Å². The second-order valence-electron chi connectivity index (χ2n) is 3.60. The molecule has 0 atom stereocenters. The quantitative estimate of drug-likeness (QED) is 0.776. The minimum Gasteiger partial charge on any atom is -0.494 e. The summed E-state index contributed by atoms with van der Waals surface area (Å²) in [6, 6.07) is 7.76. The molecule has 4 heteroatoms. The Hall–Kier alpha value is -1.61. The molecule has 0 radical (unpaired) electrons. The van der Waals surface area contributed by atoms with Crippen LogP contribution in [0.3, 0.4) is 0 Å². The third-order valence-electron chi connectivity index (χ3n) is 2.30. The fourth-order valence-corrected chi connectivity index (χ4v) is 1.66. The number of benzene rings is 1. The van der Waals surface area contributed by atoms with E-state index in [-0.39, 0.29) is 0 Å². The molecule has 0 saturated heterocycles. The first-order valence-corrected chi connectivity index (χ1v) is 5.88. The minimum atomic E-state index is 0.460. The van der Waals surface area contributed by atoms with Crippen molar-refractivity contribution in [3.63, 3.8) is 0 Å². The Labute approximate surface area is 105 Å². The van der Waals surface area contributed by atoms with Gasteiger partial charge in [-0.15, -0.1) is 0 Å². The number of hydrogen-bond donors (Lipinski definition) is 0. The maximum atomic E-state index is 6.00. The third kappa shape index (κ3) is 2.94. The number of nitrogens with zero attached hydrogens (tertiary/aromatic N) is 2. The van der Waals surface area contributed by atoms with E-state index in [1.807, 2.05) is 24.3 Å². The third-order valence-corrected chi connectivity index (χ3v) is 2.60. The van der Waals surface area contributed by atoms with Crippen molar-refractivity contribution in [1.82, 2.24) is 9.97 Å². The second kappa shape index (κ2) is 5.64. The highest BCUT2D eigenvalue weighted by Gasteiger charge is 2.04. The zero-order valence-corrected chi connectivity index (χ0v) is 10.3. The highest BCUT2D eigenvalue weighted by atomic mass is 35.5. The van der Waals surface area contributed by atoms with Gasteiger partial charge < -0.3 is 4.74 Å². The maximum absolute atomic E-state index is 6.00. The Kier molecular flexibility index (Phi) is 3.94. The predicted molar refractivity (Wildman–Crippen MR) is 68.3 cm³/mol. The molecule has 2 aromatic rings. The van der Waals surface area contributed by atoms with E-state index in [2.05, 4.69) is 16.9 Å². The van der Waals surface area contributed by atoms with Gasteiger partial charge in [-0.2, -0.15) is 0 Å². The molecule has 0 spiro atoms. The lowest BCUT2D eigenvalue weighted by molar-refractivity contribution is 0.317. The summed E-state index contributed by atoms with van der Waals surface area (Å²) in [5, 5.41) is 0.460. The summed E-state index contributed by atoms with van der Waals surface area (Å²) in [4.78, 5) is 7.92. The molecule has 0 bridgehead atoms. The van der Waals surface area contributed by atoms with Crippen LogP contribution in [0.4, 0.5) is 0 Å². The summed E-state index contributed by atoms with van der Waals surface area (Å²) in [5.41, 5.74) is 1.82. The smallest absolute Gasteiger partial charge is 0.140 e. The molecule has 0 unspecified atom stereocenters. The van der Waals surface area contributed by atoms with Crippen molar-refractivity contribution in [3.8, 4) is 16.9 Å². The van der Waals surface area contributed by atoms with Gasteiger partial charge in [0.05, 0.1) is 6.61 Å². The van der Waals surface area contributed by atoms with E-state index in [9.17, 15) is 0 Å². The molecule has 1 aromatic carbocycles. The van der Waals surface area contributed by atoms with Crippen LogP contribution in [-0.4, -0.2) is 16.6 Å². The van der Waals surface area contributed by atoms with Gasteiger partial charge >= 0.3 is 0 Å². The molecule has 0 aliphatic rings. The van der Waals surface area contributed by atoms with Crippen LogP contribution < -0.4 is 4.74 Å². The van der Waals surface area contributed by atoms with Crippen LogP contribution in [0, 0.1) is 0 Å². The molecule has 0 saturated carbocycles. The largest absolute Gasteiger partial charge is 0.494 e. The van der Waals surface area contributed by atoms with Crippen molar-refractivity contribution in [2.45, 2.75) is 13.3 Å². The summed E-state index contributed by atoms with van der Waals surface area (Å²) in [7, 11) is 0. The summed E-state index contributed by atoms with van der Waals surface area (Å²) in [6.45, 7) is 2.81. The average Bonchev–Trinajstić information content (AvgIpc) is 2.38. The molecule has 0 aliphatic carbocycles. The van der Waals surface area contributed by atoms with Crippen molar-refractivity contribution in [2.75, 3.05) is 6.61 Å². The summed E-state index contributed by atoms with van der Waals surface area (Å²) >= 11 is 6.00.